The van der Waals surface area contributed by atoms with E-state index in [4.69, 9.17) is 0 Å². The van der Waals surface area contributed by atoms with Crippen LogP contribution in [0.2, 0.25) is 0 Å². The van der Waals surface area contributed by atoms with E-state index in [2.05, 4.69) is 11.0 Å². The van der Waals surface area contributed by atoms with Crippen molar-refractivity contribution in [3.05, 3.63) is 59.9 Å². The number of carbonyl (C=O) groups is 2. The van der Waals surface area contributed by atoms with E-state index in [9.17, 15) is 14.0 Å². The van der Waals surface area contributed by atoms with Crippen molar-refractivity contribution in [2.75, 3.05) is 36.5 Å². The summed E-state index contributed by atoms with van der Waals surface area (Å²) in [6.07, 6.45) is 0.126. The van der Waals surface area contributed by atoms with Crippen LogP contribution >= 0.6 is 0 Å². The molecule has 2 aliphatic heterocycles. The number of fused-ring (bicyclic) bond motifs is 1. The third-order valence-electron chi connectivity index (χ3n) is 5.40. The third-order valence-corrected chi connectivity index (χ3v) is 5.40. The molecule has 2 amide bonds. The summed E-state index contributed by atoms with van der Waals surface area (Å²) in [5, 5.41) is 0. The van der Waals surface area contributed by atoms with Crippen LogP contribution in [0, 0.1) is 11.7 Å². The van der Waals surface area contributed by atoms with Crippen molar-refractivity contribution >= 4 is 23.2 Å². The van der Waals surface area contributed by atoms with E-state index < -0.39 is 11.7 Å². The molecule has 4 rings (SSSR count). The number of rotatable bonds is 2. The van der Waals surface area contributed by atoms with E-state index in [1.54, 1.807) is 18.2 Å². The van der Waals surface area contributed by atoms with Gasteiger partial charge in [0.2, 0.25) is 11.8 Å². The molecule has 1 fully saturated rings. The van der Waals surface area contributed by atoms with Crippen LogP contribution in [0.5, 0.6) is 0 Å². The lowest BCUT2D eigenvalue weighted by Crippen LogP contribution is -2.39. The van der Waals surface area contributed by atoms with E-state index in [0.29, 0.717) is 13.1 Å². The predicted octanol–water partition coefficient (Wildman–Crippen LogP) is 2.66. The highest BCUT2D eigenvalue weighted by molar-refractivity contribution is 6.00. The number of amides is 2. The second-order valence-electron chi connectivity index (χ2n) is 7.17. The van der Waals surface area contributed by atoms with Gasteiger partial charge in [-0.3, -0.25) is 9.59 Å². The van der Waals surface area contributed by atoms with Crippen LogP contribution in [0.25, 0.3) is 0 Å². The SMILES string of the molecule is CN1CCN(C(=O)C2CC(=O)N(c3ccccc3F)C2)Cc2ccccc21. The fourth-order valence-electron chi connectivity index (χ4n) is 3.92. The molecule has 2 aromatic carbocycles. The highest BCUT2D eigenvalue weighted by Gasteiger charge is 2.38. The monoisotopic (exact) mass is 367 g/mol. The maximum atomic E-state index is 14.1. The molecule has 1 saturated heterocycles. The van der Waals surface area contributed by atoms with Gasteiger partial charge in [-0.25, -0.2) is 4.39 Å². The van der Waals surface area contributed by atoms with Crippen molar-refractivity contribution in [1.29, 1.82) is 0 Å². The molecule has 27 heavy (non-hydrogen) atoms. The zero-order valence-electron chi connectivity index (χ0n) is 15.3. The lowest BCUT2D eigenvalue weighted by Gasteiger charge is -2.24. The largest absolute Gasteiger partial charge is 0.373 e. The van der Waals surface area contributed by atoms with Gasteiger partial charge in [-0.1, -0.05) is 30.3 Å². The fourth-order valence-corrected chi connectivity index (χ4v) is 3.92. The van der Waals surface area contributed by atoms with Gasteiger partial charge in [0.25, 0.3) is 0 Å². The number of halogens is 1. The Morgan fingerprint density at radius 1 is 1.04 bits per heavy atom. The lowest BCUT2D eigenvalue weighted by molar-refractivity contribution is -0.136. The number of likely N-dealkylation sites (N-methyl/N-ethyl adjacent to an activating group) is 1. The zero-order chi connectivity index (χ0) is 19.0. The molecule has 140 valence electrons. The quantitative estimate of drug-likeness (QED) is 0.820. The van der Waals surface area contributed by atoms with Crippen molar-refractivity contribution in [2.24, 2.45) is 5.92 Å². The Balaban J connectivity index is 1.52. The minimum atomic E-state index is -0.440. The molecule has 2 aromatic rings. The molecule has 5 nitrogen and oxygen atoms in total. The fraction of sp³-hybridized carbons (Fsp3) is 0.333. The first-order chi connectivity index (χ1) is 13.0. The number of hydrogen-bond acceptors (Lipinski definition) is 3. The smallest absolute Gasteiger partial charge is 0.228 e. The van der Waals surface area contributed by atoms with Gasteiger partial charge in [-0.15, -0.1) is 0 Å². The number of hydrogen-bond donors (Lipinski definition) is 0. The predicted molar refractivity (Wildman–Crippen MR) is 102 cm³/mol. The number of nitrogens with zero attached hydrogens (tertiary/aromatic N) is 3. The molecule has 0 N–H and O–H groups in total. The maximum absolute atomic E-state index is 14.1. The van der Waals surface area contributed by atoms with Crippen LogP contribution in [0.3, 0.4) is 0 Å². The van der Waals surface area contributed by atoms with Crippen molar-refractivity contribution in [3.63, 3.8) is 0 Å². The van der Waals surface area contributed by atoms with Gasteiger partial charge in [0.05, 0.1) is 11.6 Å². The number of para-hydroxylation sites is 2. The van der Waals surface area contributed by atoms with E-state index in [1.165, 1.54) is 11.0 Å². The lowest BCUT2D eigenvalue weighted by atomic mass is 10.1. The van der Waals surface area contributed by atoms with Crippen LogP contribution in [-0.2, 0) is 16.1 Å². The van der Waals surface area contributed by atoms with Crippen molar-refractivity contribution < 1.29 is 14.0 Å². The van der Waals surface area contributed by atoms with Gasteiger partial charge >= 0.3 is 0 Å². The summed E-state index contributed by atoms with van der Waals surface area (Å²) in [5.74, 6) is -1.12. The molecule has 0 bridgehead atoms. The zero-order valence-corrected chi connectivity index (χ0v) is 15.3. The van der Waals surface area contributed by atoms with E-state index in [1.807, 2.05) is 30.1 Å². The molecule has 0 spiro atoms. The molecular weight excluding hydrogens is 345 g/mol. The highest BCUT2D eigenvalue weighted by atomic mass is 19.1. The number of benzene rings is 2. The van der Waals surface area contributed by atoms with Crippen molar-refractivity contribution in [1.82, 2.24) is 4.90 Å². The minimum Gasteiger partial charge on any atom is -0.373 e. The average Bonchev–Trinajstić information content (AvgIpc) is 2.97. The van der Waals surface area contributed by atoms with Gasteiger partial charge < -0.3 is 14.7 Å². The molecule has 2 aliphatic rings. The first-order valence-corrected chi connectivity index (χ1v) is 9.17. The van der Waals surface area contributed by atoms with Crippen LogP contribution in [0.15, 0.2) is 48.5 Å². The molecule has 6 heteroatoms. The summed E-state index contributed by atoms with van der Waals surface area (Å²) in [7, 11) is 2.02. The van der Waals surface area contributed by atoms with Crippen molar-refractivity contribution in [3.8, 4) is 0 Å². The van der Waals surface area contributed by atoms with Crippen LogP contribution in [0.4, 0.5) is 15.8 Å². The van der Waals surface area contributed by atoms with Gasteiger partial charge in [-0.2, -0.15) is 0 Å². The second kappa shape index (κ2) is 7.02. The number of anilines is 2. The van der Waals surface area contributed by atoms with Gasteiger partial charge in [0.1, 0.15) is 5.82 Å². The molecule has 0 aliphatic carbocycles. The summed E-state index contributed by atoms with van der Waals surface area (Å²) in [5.41, 5.74) is 2.48. The van der Waals surface area contributed by atoms with Crippen LogP contribution in [-0.4, -0.2) is 43.4 Å². The minimum absolute atomic E-state index is 0.0349. The maximum Gasteiger partial charge on any atom is 0.228 e. The Kier molecular flexibility index (Phi) is 4.56. The Labute approximate surface area is 158 Å². The summed E-state index contributed by atoms with van der Waals surface area (Å²) < 4.78 is 14.1. The summed E-state index contributed by atoms with van der Waals surface area (Å²) in [4.78, 5) is 30.9. The Bertz CT molecular complexity index is 885. The molecule has 2 heterocycles. The summed E-state index contributed by atoms with van der Waals surface area (Å²) in [6.45, 7) is 2.10. The molecule has 0 aromatic heterocycles. The van der Waals surface area contributed by atoms with Crippen LogP contribution < -0.4 is 9.80 Å². The van der Waals surface area contributed by atoms with Crippen molar-refractivity contribution in [2.45, 2.75) is 13.0 Å². The highest BCUT2D eigenvalue weighted by Crippen LogP contribution is 2.30. The van der Waals surface area contributed by atoms with Gasteiger partial charge in [0.15, 0.2) is 0 Å². The van der Waals surface area contributed by atoms with Gasteiger partial charge in [0, 0.05) is 45.3 Å². The topological polar surface area (TPSA) is 43.9 Å². The molecular formula is C21H22FN3O2. The summed E-state index contributed by atoms with van der Waals surface area (Å²) >= 11 is 0. The van der Waals surface area contributed by atoms with E-state index in [0.717, 1.165) is 17.8 Å². The third kappa shape index (κ3) is 3.27. The number of carbonyl (C=O) groups excluding carboxylic acids is 2. The Morgan fingerprint density at radius 2 is 1.74 bits per heavy atom. The standard InChI is InChI=1S/C21H22FN3O2/c1-23-10-11-24(13-15-6-2-4-8-18(15)23)21(27)16-12-20(26)25(14-16)19-9-5-3-7-17(19)22/h2-9,16H,10-14H2,1H3. The molecule has 0 saturated carbocycles. The molecule has 1 unspecified atom stereocenters. The molecule has 0 radical (unpaired) electrons. The first-order valence-electron chi connectivity index (χ1n) is 9.17. The van der Waals surface area contributed by atoms with Gasteiger partial charge in [-0.05, 0) is 23.8 Å². The Hall–Kier alpha value is -2.89. The van der Waals surface area contributed by atoms with E-state index >= 15 is 0 Å². The Morgan fingerprint density at radius 3 is 2.52 bits per heavy atom. The second-order valence-corrected chi connectivity index (χ2v) is 7.17. The summed E-state index contributed by atoms with van der Waals surface area (Å²) in [6, 6.07) is 14.3. The average molecular weight is 367 g/mol. The van der Waals surface area contributed by atoms with Crippen LogP contribution in [0.1, 0.15) is 12.0 Å². The van der Waals surface area contributed by atoms with E-state index in [-0.39, 0.29) is 30.5 Å². The molecule has 1 atom stereocenters. The normalized spacial score (nSPS) is 19.9. The first kappa shape index (κ1) is 17.5.